The van der Waals surface area contributed by atoms with Gasteiger partial charge in [0, 0.05) is 0 Å². The van der Waals surface area contributed by atoms with E-state index in [0.29, 0.717) is 0 Å². The molecule has 0 atom stereocenters. The standard InChI is InChI=1S/2C6H4N2O4.2Co.4H2O/c2*9-5(10)3-1-2-4(6(11)12)8-7-3;;;;;;/h2*1-2H,(H,9,10)(H,11,12);;;4*1H2/q;;2*+2;;;;. The van der Waals surface area contributed by atoms with E-state index in [1.165, 1.54) is 0 Å². The van der Waals surface area contributed by atoms with Crippen molar-refractivity contribution in [2.24, 2.45) is 0 Å². The maximum atomic E-state index is 10.1. The maximum Gasteiger partial charge on any atom is 2.00 e. The second-order valence-corrected chi connectivity index (χ2v) is 3.76. The maximum absolute atomic E-state index is 10.1. The molecule has 2 aromatic heterocycles. The number of nitrogens with zero attached hydrogens (tertiary/aromatic N) is 4. The van der Waals surface area contributed by atoms with Crippen LogP contribution in [0.2, 0.25) is 0 Å². The van der Waals surface area contributed by atoms with E-state index in [0.717, 1.165) is 24.3 Å². The van der Waals surface area contributed by atoms with E-state index < -0.39 is 46.7 Å². The first kappa shape index (κ1) is 41.3. The van der Waals surface area contributed by atoms with Crippen molar-refractivity contribution in [3.63, 3.8) is 0 Å². The van der Waals surface area contributed by atoms with Crippen molar-refractivity contribution in [3.05, 3.63) is 47.0 Å². The van der Waals surface area contributed by atoms with Crippen molar-refractivity contribution in [3.8, 4) is 0 Å². The van der Waals surface area contributed by atoms with Crippen LogP contribution in [0, 0.1) is 0 Å². The molecule has 16 nitrogen and oxygen atoms in total. The summed E-state index contributed by atoms with van der Waals surface area (Å²) in [5.74, 6) is -6.03. The fraction of sp³-hybridized carbons (Fsp3) is 0. The molecule has 30 heavy (non-hydrogen) atoms. The SMILES string of the molecule is O=C([O-])c1ccc(C(=O)[O-])nn1.O=C([O-])c1ccc(C(=O)[O-])nn1.[Co+2].[Co+2].[OH3+].[OH3+].[OH3+].[OH3+]. The molecule has 0 spiro atoms. The molecule has 2 aromatic rings. The third-order valence-corrected chi connectivity index (χ3v) is 2.17. The van der Waals surface area contributed by atoms with Gasteiger partial charge in [0.2, 0.25) is 0 Å². The van der Waals surface area contributed by atoms with Crippen LogP contribution in [-0.4, -0.2) is 44.3 Å². The van der Waals surface area contributed by atoms with E-state index in [9.17, 15) is 39.6 Å². The Hall–Kier alpha value is -3.11. The molecular weight excluding hydrogens is 510 g/mol. The van der Waals surface area contributed by atoms with Gasteiger partial charge in [-0.05, 0) is 24.3 Å². The first-order valence-electron chi connectivity index (χ1n) is 5.75. The second kappa shape index (κ2) is 19.2. The molecule has 0 aliphatic heterocycles. The second-order valence-electron chi connectivity index (χ2n) is 3.76. The molecule has 0 aliphatic carbocycles. The Morgan fingerprint density at radius 1 is 0.467 bits per heavy atom. The Bertz CT molecular complexity index is 655. The van der Waals surface area contributed by atoms with Gasteiger partial charge in [0.25, 0.3) is 0 Å². The Labute approximate surface area is 186 Å². The minimum atomic E-state index is -1.51. The monoisotopic (exact) mass is 526 g/mol. The molecule has 2 radical (unpaired) electrons. The fourth-order valence-corrected chi connectivity index (χ4v) is 1.10. The summed E-state index contributed by atoms with van der Waals surface area (Å²) >= 11 is 0. The van der Waals surface area contributed by atoms with Gasteiger partial charge in [-0.1, -0.05) is 0 Å². The van der Waals surface area contributed by atoms with Gasteiger partial charge < -0.3 is 61.5 Å². The van der Waals surface area contributed by atoms with Crippen LogP contribution < -0.4 is 20.4 Å². The van der Waals surface area contributed by atoms with Crippen LogP contribution >= 0.6 is 0 Å². The summed E-state index contributed by atoms with van der Waals surface area (Å²) in [5.41, 5.74) is -1.67. The smallest absolute Gasteiger partial charge is 0.543 e. The molecule has 0 saturated heterocycles. The first-order valence-corrected chi connectivity index (χ1v) is 5.75. The summed E-state index contributed by atoms with van der Waals surface area (Å²) in [6.07, 6.45) is 0. The number of hydrogen-bond donors (Lipinski definition) is 0. The van der Waals surface area contributed by atoms with Crippen molar-refractivity contribution in [2.75, 3.05) is 0 Å². The molecule has 12 N–H and O–H groups in total. The van der Waals surface area contributed by atoms with E-state index in [4.69, 9.17) is 0 Å². The summed E-state index contributed by atoms with van der Waals surface area (Å²) in [7, 11) is 0. The molecule has 0 bridgehead atoms. The van der Waals surface area contributed by atoms with Crippen LogP contribution in [-0.2, 0) is 55.5 Å². The summed E-state index contributed by atoms with van der Waals surface area (Å²) in [6.45, 7) is 0. The number of aromatic nitrogens is 4. The molecule has 18 heteroatoms. The van der Waals surface area contributed by atoms with Crippen LogP contribution in [0.15, 0.2) is 24.3 Å². The Balaban J connectivity index is -0.0000000800. The van der Waals surface area contributed by atoms with E-state index in [-0.39, 0.29) is 55.5 Å². The molecule has 0 saturated carbocycles. The van der Waals surface area contributed by atoms with E-state index in [1.54, 1.807) is 0 Å². The molecule has 0 fully saturated rings. The quantitative estimate of drug-likeness (QED) is 0.335. The molecule has 2 heterocycles. The van der Waals surface area contributed by atoms with Gasteiger partial charge in [0.05, 0.1) is 23.9 Å². The number of carboxylic acids is 4. The molecule has 2 rings (SSSR count). The van der Waals surface area contributed by atoms with Gasteiger partial charge in [-0.2, -0.15) is 0 Å². The van der Waals surface area contributed by atoms with Crippen molar-refractivity contribution >= 4 is 23.9 Å². The Kier molecular flexibility index (Phi) is 26.5. The number of rotatable bonds is 4. The van der Waals surface area contributed by atoms with Gasteiger partial charge in [-0.15, -0.1) is 20.4 Å². The minimum absolute atomic E-state index is 0. The van der Waals surface area contributed by atoms with Crippen molar-refractivity contribution < 1.29 is 95.1 Å². The van der Waals surface area contributed by atoms with Gasteiger partial charge in [-0.3, -0.25) is 0 Å². The average Bonchev–Trinajstić information content (AvgIpc) is 2.55. The first-order chi connectivity index (χ1) is 11.2. The third-order valence-electron chi connectivity index (χ3n) is 2.17. The Morgan fingerprint density at radius 3 is 0.667 bits per heavy atom. The van der Waals surface area contributed by atoms with Gasteiger partial charge in [0.15, 0.2) is 0 Å². The summed E-state index contributed by atoms with van der Waals surface area (Å²) < 4.78 is 0. The molecule has 170 valence electrons. The minimum Gasteiger partial charge on any atom is -0.543 e. The average molecular weight is 526 g/mol. The van der Waals surface area contributed by atoms with Crippen LogP contribution in [0.25, 0.3) is 0 Å². The van der Waals surface area contributed by atoms with Gasteiger partial charge in [-0.25, -0.2) is 0 Å². The van der Waals surface area contributed by atoms with Crippen LogP contribution in [0.3, 0.4) is 0 Å². The third kappa shape index (κ3) is 13.1. The zero-order valence-corrected chi connectivity index (χ0v) is 16.4. The zero-order chi connectivity index (χ0) is 18.3. The number of hydrogen-bond acceptors (Lipinski definition) is 12. The molecule has 0 unspecified atom stereocenters. The van der Waals surface area contributed by atoms with Gasteiger partial charge >= 0.3 is 33.6 Å². The normalized spacial score (nSPS) is 7.47. The summed E-state index contributed by atoms with van der Waals surface area (Å²) in [4.78, 5) is 40.4. The number of aromatic carboxylic acids is 4. The van der Waals surface area contributed by atoms with Crippen LogP contribution in [0.5, 0.6) is 0 Å². The topological polar surface area (TPSA) is 344 Å². The predicted molar refractivity (Wildman–Crippen MR) is 80.9 cm³/mol. The van der Waals surface area contributed by atoms with Crippen molar-refractivity contribution in [1.82, 2.24) is 20.4 Å². The van der Waals surface area contributed by atoms with Crippen molar-refractivity contribution in [2.45, 2.75) is 0 Å². The molecule has 0 amide bonds. The van der Waals surface area contributed by atoms with Crippen LogP contribution in [0.1, 0.15) is 42.0 Å². The number of carbonyl (C=O) groups is 4. The van der Waals surface area contributed by atoms with E-state index in [1.807, 2.05) is 0 Å². The Morgan fingerprint density at radius 2 is 0.600 bits per heavy atom. The molecule has 0 aromatic carbocycles. The van der Waals surface area contributed by atoms with Crippen LogP contribution in [0.4, 0.5) is 0 Å². The summed E-state index contributed by atoms with van der Waals surface area (Å²) in [6, 6.07) is 3.92. The van der Waals surface area contributed by atoms with E-state index >= 15 is 0 Å². The van der Waals surface area contributed by atoms with Gasteiger partial charge in [0.1, 0.15) is 22.8 Å². The number of carboxylic acid groups (broad SMARTS) is 4. The zero-order valence-electron chi connectivity index (χ0n) is 14.3. The van der Waals surface area contributed by atoms with Crippen molar-refractivity contribution in [1.29, 1.82) is 0 Å². The predicted octanol–water partition coefficient (Wildman–Crippen LogP) is -9.29. The largest absolute Gasteiger partial charge is 2.00 e. The fourth-order valence-electron chi connectivity index (χ4n) is 1.10. The molecule has 0 aliphatic rings. The molecular formula is C12H16Co2N4O12+4. The van der Waals surface area contributed by atoms with E-state index in [2.05, 4.69) is 20.4 Å². The number of carbonyl (C=O) groups excluding carboxylic acids is 4. The summed E-state index contributed by atoms with van der Waals surface area (Å²) in [5, 5.41) is 52.7.